The van der Waals surface area contributed by atoms with Crippen LogP contribution in [0.3, 0.4) is 0 Å². The molecule has 70 valence electrons. The second-order valence-corrected chi connectivity index (χ2v) is 5.02. The van der Waals surface area contributed by atoms with E-state index in [0.29, 0.717) is 5.92 Å². The Morgan fingerprint density at radius 2 is 2.42 bits per heavy atom. The summed E-state index contributed by atoms with van der Waals surface area (Å²) in [6.07, 6.45) is 2.99. The number of hydrogen-bond donors (Lipinski definition) is 1. The predicted molar refractivity (Wildman–Crippen MR) is 51.5 cm³/mol. The molecule has 0 aromatic rings. The predicted octanol–water partition coefficient (Wildman–Crippen LogP) is 2.38. The Morgan fingerprint density at radius 3 is 2.75 bits per heavy atom. The van der Waals surface area contributed by atoms with Gasteiger partial charge in [-0.2, -0.15) is 0 Å². The van der Waals surface area contributed by atoms with E-state index < -0.39 is 10.7 Å². The van der Waals surface area contributed by atoms with Crippen LogP contribution in [0.5, 0.6) is 0 Å². The van der Waals surface area contributed by atoms with Gasteiger partial charge in [-0.15, -0.1) is 11.8 Å². The molecule has 1 saturated carbocycles. The van der Waals surface area contributed by atoms with Gasteiger partial charge in [0.25, 0.3) is 0 Å². The van der Waals surface area contributed by atoms with Crippen LogP contribution in [0.15, 0.2) is 0 Å². The largest absolute Gasteiger partial charge is 0.480 e. The Kier molecular flexibility index (Phi) is 3.04. The van der Waals surface area contributed by atoms with Crippen molar-refractivity contribution in [2.75, 3.05) is 5.75 Å². The van der Waals surface area contributed by atoms with Gasteiger partial charge < -0.3 is 5.11 Å². The van der Waals surface area contributed by atoms with E-state index in [1.165, 1.54) is 0 Å². The van der Waals surface area contributed by atoms with Crippen LogP contribution >= 0.6 is 11.8 Å². The highest BCUT2D eigenvalue weighted by molar-refractivity contribution is 8.01. The topological polar surface area (TPSA) is 37.3 Å². The highest BCUT2D eigenvalue weighted by atomic mass is 32.2. The number of carbonyl (C=O) groups is 1. The first-order valence-corrected chi connectivity index (χ1v) is 5.49. The Morgan fingerprint density at radius 1 is 1.75 bits per heavy atom. The van der Waals surface area contributed by atoms with E-state index in [9.17, 15) is 4.79 Å². The normalized spacial score (nSPS) is 35.3. The lowest BCUT2D eigenvalue weighted by Gasteiger charge is -2.27. The number of thioether (sulfide) groups is 1. The van der Waals surface area contributed by atoms with E-state index in [1.54, 1.807) is 11.8 Å². The molecule has 2 nitrogen and oxygen atoms in total. The summed E-state index contributed by atoms with van der Waals surface area (Å²) in [4.78, 5) is 11.1. The SMILES string of the molecule is CCSC1(C(=O)O)CCCC1C. The average Bonchev–Trinajstić information content (AvgIpc) is 2.34. The molecule has 1 aliphatic carbocycles. The van der Waals surface area contributed by atoms with Crippen LogP contribution in [0.25, 0.3) is 0 Å². The van der Waals surface area contributed by atoms with Gasteiger partial charge >= 0.3 is 5.97 Å². The molecule has 2 atom stereocenters. The van der Waals surface area contributed by atoms with Gasteiger partial charge in [-0.25, -0.2) is 0 Å². The molecule has 1 fully saturated rings. The summed E-state index contributed by atoms with van der Waals surface area (Å²) in [5, 5.41) is 9.14. The van der Waals surface area contributed by atoms with E-state index in [2.05, 4.69) is 6.92 Å². The average molecular weight is 188 g/mol. The molecule has 0 saturated heterocycles. The van der Waals surface area contributed by atoms with E-state index in [1.807, 2.05) is 6.92 Å². The summed E-state index contributed by atoms with van der Waals surface area (Å²) in [7, 11) is 0. The fourth-order valence-electron chi connectivity index (χ4n) is 2.00. The summed E-state index contributed by atoms with van der Waals surface area (Å²) in [6, 6.07) is 0. The van der Waals surface area contributed by atoms with Crippen molar-refractivity contribution in [3.8, 4) is 0 Å². The molecule has 0 aromatic heterocycles. The molecule has 0 spiro atoms. The third-order valence-electron chi connectivity index (χ3n) is 2.75. The Hall–Kier alpha value is -0.180. The maximum absolute atomic E-state index is 11.1. The minimum absolute atomic E-state index is 0.333. The first-order chi connectivity index (χ1) is 5.63. The Labute approximate surface area is 77.7 Å². The second-order valence-electron chi connectivity index (χ2n) is 3.42. The summed E-state index contributed by atoms with van der Waals surface area (Å²) in [5.41, 5.74) is 0. The van der Waals surface area contributed by atoms with Crippen molar-refractivity contribution < 1.29 is 9.90 Å². The third-order valence-corrected chi connectivity index (χ3v) is 4.33. The lowest BCUT2D eigenvalue weighted by molar-refractivity contribution is -0.140. The first-order valence-electron chi connectivity index (χ1n) is 4.51. The minimum atomic E-state index is -0.612. The number of hydrogen-bond acceptors (Lipinski definition) is 2. The third kappa shape index (κ3) is 1.47. The second kappa shape index (κ2) is 3.69. The molecule has 0 aromatic carbocycles. The minimum Gasteiger partial charge on any atom is -0.480 e. The van der Waals surface area contributed by atoms with E-state index in [-0.39, 0.29) is 0 Å². The lowest BCUT2D eigenvalue weighted by Crippen LogP contribution is -2.37. The van der Waals surface area contributed by atoms with E-state index in [4.69, 9.17) is 5.11 Å². The number of carboxylic acids is 1. The zero-order chi connectivity index (χ0) is 9.19. The standard InChI is InChI=1S/C9H16O2S/c1-3-12-9(8(10)11)6-4-5-7(9)2/h7H,3-6H2,1-2H3,(H,10,11). The Bertz CT molecular complexity index is 181. The van der Waals surface area contributed by atoms with Gasteiger partial charge in [0.1, 0.15) is 4.75 Å². The van der Waals surface area contributed by atoms with Gasteiger partial charge in [0.2, 0.25) is 0 Å². The maximum Gasteiger partial charge on any atom is 0.320 e. The highest BCUT2D eigenvalue weighted by Gasteiger charge is 2.46. The van der Waals surface area contributed by atoms with Crippen molar-refractivity contribution in [2.24, 2.45) is 5.92 Å². The Balaban J connectivity index is 2.77. The molecular formula is C9H16O2S. The van der Waals surface area contributed by atoms with Gasteiger partial charge in [-0.3, -0.25) is 4.79 Å². The van der Waals surface area contributed by atoms with Gasteiger partial charge in [0, 0.05) is 0 Å². The molecule has 2 unspecified atom stereocenters. The van der Waals surface area contributed by atoms with Crippen LogP contribution in [-0.4, -0.2) is 21.6 Å². The van der Waals surface area contributed by atoms with Crippen LogP contribution in [0.2, 0.25) is 0 Å². The maximum atomic E-state index is 11.1. The van der Waals surface area contributed by atoms with Crippen molar-refractivity contribution >= 4 is 17.7 Å². The van der Waals surface area contributed by atoms with Crippen molar-refractivity contribution in [3.63, 3.8) is 0 Å². The molecule has 3 heteroatoms. The van der Waals surface area contributed by atoms with Crippen LogP contribution in [0.1, 0.15) is 33.1 Å². The van der Waals surface area contributed by atoms with Crippen molar-refractivity contribution in [1.82, 2.24) is 0 Å². The smallest absolute Gasteiger partial charge is 0.320 e. The lowest BCUT2D eigenvalue weighted by atomic mass is 9.97. The zero-order valence-corrected chi connectivity index (χ0v) is 8.49. The number of carboxylic acid groups (broad SMARTS) is 1. The van der Waals surface area contributed by atoms with Crippen molar-refractivity contribution in [1.29, 1.82) is 0 Å². The summed E-state index contributed by atoms with van der Waals surface area (Å²) in [6.45, 7) is 4.09. The molecule has 12 heavy (non-hydrogen) atoms. The molecule has 0 radical (unpaired) electrons. The number of rotatable bonds is 3. The molecule has 1 rings (SSSR count). The molecule has 1 N–H and O–H groups in total. The zero-order valence-electron chi connectivity index (χ0n) is 7.67. The fourth-order valence-corrected chi connectivity index (χ4v) is 3.33. The summed E-state index contributed by atoms with van der Waals surface area (Å²) >= 11 is 1.60. The molecule has 0 amide bonds. The van der Waals surface area contributed by atoms with Gasteiger partial charge in [-0.1, -0.05) is 20.3 Å². The van der Waals surface area contributed by atoms with Crippen molar-refractivity contribution in [2.45, 2.75) is 37.9 Å². The van der Waals surface area contributed by atoms with Gasteiger partial charge in [0.15, 0.2) is 0 Å². The molecule has 1 aliphatic rings. The van der Waals surface area contributed by atoms with E-state index >= 15 is 0 Å². The first kappa shape index (κ1) is 9.90. The van der Waals surface area contributed by atoms with Gasteiger partial charge in [0.05, 0.1) is 0 Å². The monoisotopic (exact) mass is 188 g/mol. The summed E-state index contributed by atoms with van der Waals surface area (Å²) < 4.78 is -0.464. The van der Waals surface area contributed by atoms with Crippen LogP contribution in [0, 0.1) is 5.92 Å². The highest BCUT2D eigenvalue weighted by Crippen LogP contribution is 2.45. The van der Waals surface area contributed by atoms with E-state index in [0.717, 1.165) is 25.0 Å². The molecule has 0 aliphatic heterocycles. The molecular weight excluding hydrogens is 172 g/mol. The van der Waals surface area contributed by atoms with Crippen LogP contribution < -0.4 is 0 Å². The van der Waals surface area contributed by atoms with Crippen LogP contribution in [0.4, 0.5) is 0 Å². The molecule has 0 bridgehead atoms. The van der Waals surface area contributed by atoms with Crippen LogP contribution in [-0.2, 0) is 4.79 Å². The molecule has 0 heterocycles. The number of aliphatic carboxylic acids is 1. The van der Waals surface area contributed by atoms with Crippen molar-refractivity contribution in [3.05, 3.63) is 0 Å². The quantitative estimate of drug-likeness (QED) is 0.739. The fraction of sp³-hybridized carbons (Fsp3) is 0.889. The summed E-state index contributed by atoms with van der Waals surface area (Å²) in [5.74, 6) is 0.621. The van der Waals surface area contributed by atoms with Gasteiger partial charge in [-0.05, 0) is 24.5 Å².